The molecule has 1 saturated heterocycles. The normalized spacial score (nSPS) is 31.7. The van der Waals surface area contributed by atoms with Crippen molar-refractivity contribution >= 4 is 5.97 Å². The molecule has 1 aromatic rings. The molecule has 0 aromatic heterocycles. The van der Waals surface area contributed by atoms with Gasteiger partial charge in [-0.05, 0) is 12.1 Å². The average Bonchev–Trinajstić information content (AvgIpc) is 2.54. The zero-order valence-electron chi connectivity index (χ0n) is 12.4. The first-order valence-electron chi connectivity index (χ1n) is 6.87. The summed E-state index contributed by atoms with van der Waals surface area (Å²) in [6.45, 7) is 0.0765. The number of methoxy groups -OCH3 is 2. The third-order valence-corrected chi connectivity index (χ3v) is 3.46. The molecule has 1 heterocycles. The smallest absolute Gasteiger partial charge is 0.338 e. The van der Waals surface area contributed by atoms with E-state index in [-0.39, 0.29) is 6.61 Å². The fourth-order valence-electron chi connectivity index (χ4n) is 2.30. The Kier molecular flexibility index (Phi) is 5.87. The van der Waals surface area contributed by atoms with Gasteiger partial charge in [0.05, 0.1) is 12.2 Å². The van der Waals surface area contributed by atoms with Crippen LogP contribution in [0.4, 0.5) is 0 Å². The second kappa shape index (κ2) is 7.66. The first-order chi connectivity index (χ1) is 10.6. The molecule has 7 heteroatoms. The number of hydrogen-bond donors (Lipinski definition) is 2. The van der Waals surface area contributed by atoms with Gasteiger partial charge in [-0.2, -0.15) is 0 Å². The third kappa shape index (κ3) is 3.63. The molecule has 1 aliphatic heterocycles. The molecule has 5 atom stereocenters. The summed E-state index contributed by atoms with van der Waals surface area (Å²) in [6, 6.07) is 8.32. The van der Waals surface area contributed by atoms with Crippen molar-refractivity contribution in [1.82, 2.24) is 0 Å². The van der Waals surface area contributed by atoms with Crippen LogP contribution < -0.4 is 0 Å². The van der Waals surface area contributed by atoms with Gasteiger partial charge in [-0.1, -0.05) is 18.2 Å². The van der Waals surface area contributed by atoms with Gasteiger partial charge in [0.25, 0.3) is 0 Å². The largest absolute Gasteiger partial charge is 0.453 e. The number of esters is 1. The number of ether oxygens (including phenoxy) is 4. The Morgan fingerprint density at radius 2 is 1.86 bits per heavy atom. The van der Waals surface area contributed by atoms with Crippen molar-refractivity contribution in [2.75, 3.05) is 20.8 Å². The van der Waals surface area contributed by atoms with Gasteiger partial charge >= 0.3 is 5.97 Å². The molecular weight excluding hydrogens is 292 g/mol. The minimum absolute atomic E-state index is 0.0765. The summed E-state index contributed by atoms with van der Waals surface area (Å²) in [6.07, 6.45) is -5.50. The molecule has 1 fully saturated rings. The Bertz CT molecular complexity index is 478. The second-order valence-corrected chi connectivity index (χ2v) is 4.95. The molecule has 122 valence electrons. The predicted molar refractivity (Wildman–Crippen MR) is 75.2 cm³/mol. The van der Waals surface area contributed by atoms with Crippen molar-refractivity contribution in [3.8, 4) is 0 Å². The maximum Gasteiger partial charge on any atom is 0.338 e. The molecular formula is C15H20O7. The molecule has 0 bridgehead atoms. The fraction of sp³-hybridized carbons (Fsp3) is 0.533. The molecule has 1 aliphatic rings. The summed E-state index contributed by atoms with van der Waals surface area (Å²) in [7, 11) is 2.80. The molecule has 7 nitrogen and oxygen atoms in total. The van der Waals surface area contributed by atoms with Gasteiger partial charge in [-0.25, -0.2) is 4.79 Å². The highest BCUT2D eigenvalue weighted by Gasteiger charge is 2.47. The van der Waals surface area contributed by atoms with E-state index >= 15 is 0 Å². The molecule has 0 saturated carbocycles. The number of benzene rings is 1. The van der Waals surface area contributed by atoms with Crippen LogP contribution in [0.2, 0.25) is 0 Å². The predicted octanol–water partition coefficient (Wildman–Crippen LogP) is -0.0485. The molecule has 0 aliphatic carbocycles. The van der Waals surface area contributed by atoms with Crippen LogP contribution in [0.3, 0.4) is 0 Å². The lowest BCUT2D eigenvalue weighted by Crippen LogP contribution is -2.60. The zero-order chi connectivity index (χ0) is 16.1. The van der Waals surface area contributed by atoms with E-state index in [4.69, 9.17) is 18.9 Å². The Balaban J connectivity index is 2.13. The minimum Gasteiger partial charge on any atom is -0.453 e. The van der Waals surface area contributed by atoms with Crippen LogP contribution in [0, 0.1) is 0 Å². The topological polar surface area (TPSA) is 94.5 Å². The van der Waals surface area contributed by atoms with Crippen molar-refractivity contribution in [2.45, 2.75) is 30.7 Å². The van der Waals surface area contributed by atoms with E-state index in [1.54, 1.807) is 30.3 Å². The third-order valence-electron chi connectivity index (χ3n) is 3.46. The maximum atomic E-state index is 12.1. The van der Waals surface area contributed by atoms with Gasteiger partial charge in [0.2, 0.25) is 0 Å². The van der Waals surface area contributed by atoms with Crippen LogP contribution in [0.5, 0.6) is 0 Å². The average molecular weight is 312 g/mol. The fourth-order valence-corrected chi connectivity index (χ4v) is 2.30. The highest BCUT2D eigenvalue weighted by molar-refractivity contribution is 5.89. The first-order valence-corrected chi connectivity index (χ1v) is 6.87. The van der Waals surface area contributed by atoms with E-state index in [9.17, 15) is 15.0 Å². The Labute approximate surface area is 128 Å². The molecule has 2 N–H and O–H groups in total. The molecule has 0 radical (unpaired) electrons. The standard InChI is InChI=1S/C15H20O7/c1-19-8-10-11(16)13(12(17)15(20-2)21-10)22-14(18)9-6-4-3-5-7-9/h3-7,10-13,15-17H,8H2,1-2H3. The molecule has 1 aromatic carbocycles. The molecule has 2 rings (SSSR count). The van der Waals surface area contributed by atoms with Crippen LogP contribution >= 0.6 is 0 Å². The minimum atomic E-state index is -1.30. The molecule has 0 spiro atoms. The highest BCUT2D eigenvalue weighted by Crippen LogP contribution is 2.25. The number of hydrogen-bond acceptors (Lipinski definition) is 7. The van der Waals surface area contributed by atoms with Crippen LogP contribution in [-0.2, 0) is 18.9 Å². The van der Waals surface area contributed by atoms with Crippen molar-refractivity contribution in [2.24, 2.45) is 0 Å². The van der Waals surface area contributed by atoms with Crippen LogP contribution in [0.25, 0.3) is 0 Å². The van der Waals surface area contributed by atoms with Crippen molar-refractivity contribution in [3.63, 3.8) is 0 Å². The van der Waals surface area contributed by atoms with E-state index in [0.717, 1.165) is 0 Å². The summed E-state index contributed by atoms with van der Waals surface area (Å²) in [4.78, 5) is 12.1. The maximum absolute atomic E-state index is 12.1. The first kappa shape index (κ1) is 16.9. The zero-order valence-corrected chi connectivity index (χ0v) is 12.4. The second-order valence-electron chi connectivity index (χ2n) is 4.95. The number of carbonyl (C=O) groups excluding carboxylic acids is 1. The summed E-state index contributed by atoms with van der Waals surface area (Å²) in [5, 5.41) is 20.4. The van der Waals surface area contributed by atoms with E-state index in [1.807, 2.05) is 0 Å². The van der Waals surface area contributed by atoms with E-state index in [1.165, 1.54) is 14.2 Å². The Hall–Kier alpha value is -1.51. The van der Waals surface area contributed by atoms with Crippen molar-refractivity contribution in [1.29, 1.82) is 0 Å². The highest BCUT2D eigenvalue weighted by atomic mass is 16.7. The Morgan fingerprint density at radius 3 is 2.45 bits per heavy atom. The summed E-state index contributed by atoms with van der Waals surface area (Å²) in [5.41, 5.74) is 0.325. The number of aliphatic hydroxyl groups is 2. The van der Waals surface area contributed by atoms with Crippen molar-refractivity contribution in [3.05, 3.63) is 35.9 Å². The number of carbonyl (C=O) groups is 1. The van der Waals surface area contributed by atoms with Crippen molar-refractivity contribution < 1.29 is 34.0 Å². The van der Waals surface area contributed by atoms with Gasteiger partial charge < -0.3 is 29.2 Å². The number of rotatable bonds is 5. The van der Waals surface area contributed by atoms with Gasteiger partial charge in [0.1, 0.15) is 18.3 Å². The molecule has 22 heavy (non-hydrogen) atoms. The summed E-state index contributed by atoms with van der Waals surface area (Å²) >= 11 is 0. The van der Waals surface area contributed by atoms with E-state index < -0.39 is 36.7 Å². The Morgan fingerprint density at radius 1 is 1.18 bits per heavy atom. The molecule has 5 unspecified atom stereocenters. The van der Waals surface area contributed by atoms with Gasteiger partial charge in [0, 0.05) is 14.2 Å². The molecule has 0 amide bonds. The lowest BCUT2D eigenvalue weighted by molar-refractivity contribution is -0.294. The summed E-state index contributed by atoms with van der Waals surface area (Å²) < 4.78 is 20.6. The van der Waals surface area contributed by atoms with Gasteiger partial charge in [-0.15, -0.1) is 0 Å². The quantitative estimate of drug-likeness (QED) is 0.736. The van der Waals surface area contributed by atoms with Crippen LogP contribution in [-0.4, -0.2) is 67.7 Å². The summed E-state index contributed by atoms with van der Waals surface area (Å²) in [5.74, 6) is -0.642. The van der Waals surface area contributed by atoms with Crippen LogP contribution in [0.15, 0.2) is 30.3 Å². The van der Waals surface area contributed by atoms with E-state index in [0.29, 0.717) is 5.56 Å². The lowest BCUT2D eigenvalue weighted by atomic mass is 9.99. The monoisotopic (exact) mass is 312 g/mol. The number of aliphatic hydroxyl groups excluding tert-OH is 2. The SMILES string of the molecule is COCC1OC(OC)C(O)C(OC(=O)c2ccccc2)C1O. The van der Waals surface area contributed by atoms with E-state index in [2.05, 4.69) is 0 Å². The lowest BCUT2D eigenvalue weighted by Gasteiger charge is -2.41. The van der Waals surface area contributed by atoms with Gasteiger partial charge in [-0.3, -0.25) is 0 Å². The van der Waals surface area contributed by atoms with Gasteiger partial charge in [0.15, 0.2) is 12.4 Å². The van der Waals surface area contributed by atoms with Crippen LogP contribution in [0.1, 0.15) is 10.4 Å².